The normalized spacial score (nSPS) is 14.0. The Bertz CT molecular complexity index is 1510. The van der Waals surface area contributed by atoms with Gasteiger partial charge in [-0.3, -0.25) is 24.1 Å². The maximum absolute atomic E-state index is 12.8. The predicted octanol–water partition coefficient (Wildman–Crippen LogP) is 3.12. The van der Waals surface area contributed by atoms with Crippen LogP contribution < -0.4 is 15.7 Å². The quantitative estimate of drug-likeness (QED) is 0.347. The monoisotopic (exact) mass is 515 g/mol. The first kappa shape index (κ1) is 25.1. The van der Waals surface area contributed by atoms with Crippen LogP contribution in [0.25, 0.3) is 10.9 Å². The lowest BCUT2D eigenvalue weighted by atomic mass is 10.0. The number of amides is 2. The molecule has 3 heterocycles. The van der Waals surface area contributed by atoms with Crippen molar-refractivity contribution in [2.45, 2.75) is 39.0 Å². The van der Waals surface area contributed by atoms with Gasteiger partial charge >= 0.3 is 5.69 Å². The largest absolute Gasteiger partial charge is 0.493 e. The number of fused-ring (bicyclic) bond motifs is 1. The summed E-state index contributed by atoms with van der Waals surface area (Å²) in [6.45, 7) is 2.92. The van der Waals surface area contributed by atoms with Crippen LogP contribution in [0.2, 0.25) is 0 Å². The Kier molecular flexibility index (Phi) is 7.12. The molecule has 1 aliphatic rings. The van der Waals surface area contributed by atoms with Crippen LogP contribution in [0.1, 0.15) is 47.4 Å². The summed E-state index contributed by atoms with van der Waals surface area (Å²) in [5, 5.41) is 14.0. The second-order valence-electron chi connectivity index (χ2n) is 9.33. The molecule has 38 heavy (non-hydrogen) atoms. The molecule has 0 bridgehead atoms. The predicted molar refractivity (Wildman–Crippen MR) is 141 cm³/mol. The van der Waals surface area contributed by atoms with E-state index in [9.17, 15) is 19.5 Å². The number of hydrogen-bond donors (Lipinski definition) is 3. The minimum absolute atomic E-state index is 0.00337. The summed E-state index contributed by atoms with van der Waals surface area (Å²) in [5.74, 6) is 0.148. The third-order valence-corrected chi connectivity index (χ3v) is 6.92. The van der Waals surface area contributed by atoms with Crippen LogP contribution in [0.15, 0.2) is 65.6 Å². The molecule has 2 aromatic heterocycles. The molecule has 2 amide bonds. The molecule has 0 atom stereocenters. The van der Waals surface area contributed by atoms with Crippen molar-refractivity contribution in [3.63, 3.8) is 0 Å². The third kappa shape index (κ3) is 5.24. The molecule has 0 saturated carbocycles. The van der Waals surface area contributed by atoms with Gasteiger partial charge in [0, 0.05) is 43.2 Å². The molecule has 0 spiro atoms. The number of hydrogen-bond acceptors (Lipinski definition) is 6. The van der Waals surface area contributed by atoms with Crippen LogP contribution in [-0.4, -0.2) is 49.4 Å². The Labute approximate surface area is 218 Å². The molecule has 10 nitrogen and oxygen atoms in total. The van der Waals surface area contributed by atoms with Gasteiger partial charge < -0.3 is 20.1 Å². The Hall–Kier alpha value is -4.60. The van der Waals surface area contributed by atoms with Crippen molar-refractivity contribution in [3.05, 3.63) is 88.1 Å². The van der Waals surface area contributed by atoms with Gasteiger partial charge in [0.2, 0.25) is 11.8 Å². The number of nitrogens with zero attached hydrogens (tertiary/aromatic N) is 3. The summed E-state index contributed by atoms with van der Waals surface area (Å²) in [7, 11) is 0. The number of H-pyrrole nitrogens is 1. The molecular formula is C28H29N5O5. The van der Waals surface area contributed by atoms with E-state index < -0.39 is 5.69 Å². The lowest BCUT2D eigenvalue weighted by molar-refractivity contribution is -0.130. The van der Waals surface area contributed by atoms with Crippen molar-refractivity contribution >= 4 is 22.7 Å². The second kappa shape index (κ2) is 10.8. The number of nitrogens with one attached hydrogen (secondary N) is 2. The van der Waals surface area contributed by atoms with Gasteiger partial charge in [0.15, 0.2) is 0 Å². The molecule has 196 valence electrons. The topological polar surface area (TPSA) is 130 Å². The lowest BCUT2D eigenvalue weighted by Gasteiger charge is -2.32. The number of aromatic hydroxyl groups is 1. The molecule has 5 rings (SSSR count). The molecule has 0 aliphatic carbocycles. The number of ether oxygens (including phenoxy) is 1. The smallest absolute Gasteiger partial charge is 0.328 e. The Balaban J connectivity index is 1.20. The molecule has 4 aromatic rings. The molecule has 2 aromatic carbocycles. The van der Waals surface area contributed by atoms with Crippen LogP contribution in [0.5, 0.6) is 11.6 Å². The summed E-state index contributed by atoms with van der Waals surface area (Å²) < 4.78 is 7.49. The van der Waals surface area contributed by atoms with Gasteiger partial charge in [-0.05, 0) is 54.8 Å². The first-order valence-corrected chi connectivity index (χ1v) is 12.5. The maximum atomic E-state index is 12.8. The fourth-order valence-electron chi connectivity index (χ4n) is 4.84. The van der Waals surface area contributed by atoms with Crippen molar-refractivity contribution in [1.82, 2.24) is 24.8 Å². The van der Waals surface area contributed by atoms with Crippen LogP contribution in [0, 0.1) is 0 Å². The van der Waals surface area contributed by atoms with Gasteiger partial charge in [0.25, 0.3) is 5.91 Å². The molecule has 1 saturated heterocycles. The molecule has 1 aliphatic heterocycles. The van der Waals surface area contributed by atoms with Gasteiger partial charge in [0.1, 0.15) is 18.1 Å². The van der Waals surface area contributed by atoms with Crippen molar-refractivity contribution < 1.29 is 19.4 Å². The number of pyridine rings is 1. The average Bonchev–Trinajstić information content (AvgIpc) is 3.23. The fraction of sp³-hybridized carbons (Fsp3) is 0.286. The van der Waals surface area contributed by atoms with Gasteiger partial charge in [-0.2, -0.15) is 0 Å². The summed E-state index contributed by atoms with van der Waals surface area (Å²) in [6.07, 6.45) is 2.93. The molecule has 0 unspecified atom stereocenters. The number of carbonyl (C=O) groups excluding carboxylic acids is 2. The first-order valence-electron chi connectivity index (χ1n) is 12.5. The van der Waals surface area contributed by atoms with Gasteiger partial charge in [-0.15, -0.1) is 0 Å². The van der Waals surface area contributed by atoms with E-state index >= 15 is 0 Å². The Morgan fingerprint density at radius 2 is 1.87 bits per heavy atom. The summed E-state index contributed by atoms with van der Waals surface area (Å²) >= 11 is 0. The highest BCUT2D eigenvalue weighted by atomic mass is 16.5. The number of imidazole rings is 1. The lowest BCUT2D eigenvalue weighted by Crippen LogP contribution is -2.40. The fourth-order valence-corrected chi connectivity index (χ4v) is 4.84. The van der Waals surface area contributed by atoms with Crippen molar-refractivity contribution in [2.24, 2.45) is 0 Å². The first-order chi connectivity index (χ1) is 18.4. The highest BCUT2D eigenvalue weighted by Crippen LogP contribution is 2.26. The van der Waals surface area contributed by atoms with E-state index in [1.807, 2.05) is 42.5 Å². The van der Waals surface area contributed by atoms with Crippen LogP contribution in [0.4, 0.5) is 0 Å². The van der Waals surface area contributed by atoms with Crippen molar-refractivity contribution in [3.8, 4) is 11.6 Å². The van der Waals surface area contributed by atoms with Crippen molar-refractivity contribution in [1.29, 1.82) is 0 Å². The summed E-state index contributed by atoms with van der Waals surface area (Å²) in [6, 6.07) is 16.5. The number of aromatic nitrogens is 3. The number of piperidine rings is 1. The SMILES string of the molecule is CC(=O)N1CCC(n2c(CNC(=O)c3ccc(COc4cccc5ncccc45)cc3)c(O)[nH]c2=O)CC1. The molecule has 10 heteroatoms. The summed E-state index contributed by atoms with van der Waals surface area (Å²) in [5.41, 5.74) is 2.09. The van der Waals surface area contributed by atoms with E-state index in [2.05, 4.69) is 15.3 Å². The number of carbonyl (C=O) groups is 2. The van der Waals surface area contributed by atoms with Gasteiger partial charge in [-0.25, -0.2) is 4.79 Å². The zero-order chi connectivity index (χ0) is 26.6. The molecule has 3 N–H and O–H groups in total. The number of rotatable bonds is 7. The van der Waals surface area contributed by atoms with E-state index in [1.54, 1.807) is 23.2 Å². The molecule has 1 fully saturated rings. The molecule has 0 radical (unpaired) electrons. The van der Waals surface area contributed by atoms with E-state index in [0.29, 0.717) is 43.8 Å². The highest BCUT2D eigenvalue weighted by molar-refractivity contribution is 5.94. The van der Waals surface area contributed by atoms with E-state index in [0.717, 1.165) is 22.2 Å². The van der Waals surface area contributed by atoms with Gasteiger partial charge in [0.05, 0.1) is 12.1 Å². The highest BCUT2D eigenvalue weighted by Gasteiger charge is 2.27. The van der Waals surface area contributed by atoms with E-state index in [4.69, 9.17) is 4.74 Å². The zero-order valence-electron chi connectivity index (χ0n) is 21.0. The van der Waals surface area contributed by atoms with Crippen LogP contribution in [0.3, 0.4) is 0 Å². The maximum Gasteiger partial charge on any atom is 0.328 e. The third-order valence-electron chi connectivity index (χ3n) is 6.92. The minimum atomic E-state index is -0.431. The molecular weight excluding hydrogens is 486 g/mol. The van der Waals surface area contributed by atoms with E-state index in [1.165, 1.54) is 11.5 Å². The van der Waals surface area contributed by atoms with Crippen LogP contribution >= 0.6 is 0 Å². The number of aromatic amines is 1. The summed E-state index contributed by atoms with van der Waals surface area (Å²) in [4.78, 5) is 45.4. The number of likely N-dealkylation sites (tertiary alicyclic amines) is 1. The standard InChI is InChI=1S/C28H29N5O5/c1-18(34)32-14-11-21(12-15-32)33-24(27(36)31-28(33)37)16-30-26(35)20-9-7-19(8-10-20)17-38-25-6-2-5-23-22(25)4-3-13-29-23/h2-10,13,21,36H,11-12,14-17H2,1H3,(H,30,35)(H,31,37). The minimum Gasteiger partial charge on any atom is -0.493 e. The van der Waals surface area contributed by atoms with E-state index in [-0.39, 0.29) is 30.3 Å². The number of benzene rings is 2. The second-order valence-corrected chi connectivity index (χ2v) is 9.33. The average molecular weight is 516 g/mol. The Morgan fingerprint density at radius 1 is 1.11 bits per heavy atom. The van der Waals surface area contributed by atoms with Gasteiger partial charge in [-0.1, -0.05) is 18.2 Å². The zero-order valence-corrected chi connectivity index (χ0v) is 21.0. The Morgan fingerprint density at radius 3 is 2.61 bits per heavy atom. The van der Waals surface area contributed by atoms with Crippen LogP contribution in [-0.2, 0) is 17.9 Å². The van der Waals surface area contributed by atoms with Crippen molar-refractivity contribution in [2.75, 3.05) is 13.1 Å².